The first kappa shape index (κ1) is 94.1. The summed E-state index contributed by atoms with van der Waals surface area (Å²) in [5, 5.41) is 23.8. The number of nitrogens with zero attached hydrogens (tertiary/aromatic N) is 4. The fourth-order valence-corrected chi connectivity index (χ4v) is 11.2. The zero-order valence-corrected chi connectivity index (χ0v) is 69.2. The van der Waals surface area contributed by atoms with E-state index < -0.39 is 27.1 Å². The Morgan fingerprint density at radius 2 is 0.500 bits per heavy atom. The highest BCUT2D eigenvalue weighted by atomic mass is 16.2. The van der Waals surface area contributed by atoms with Gasteiger partial charge in [-0.05, 0) is 137 Å². The SMILES string of the molecule is CCN(C)c1c(NCCCC(C)(C)C)c(=O)c1=O.CCN(CC)c1c(NCCCC(C)(C)C)c(=O)c1=O.CCNc1c(NCCCC(C)(C)C)c(=O)c1=O.CN(C)c1c(NCCCC(C)(C)C)c(=O)c1=O.CNc1c(N(C)CCCC(C)(C)C)c(=O)c1=O.CNc1c(NCCCC(C)(C)C)c(=O)c1=O. The molecule has 0 unspecified atom stereocenters. The van der Waals surface area contributed by atoms with Crippen LogP contribution in [0.3, 0.4) is 0 Å². The van der Waals surface area contributed by atoms with Gasteiger partial charge in [-0.3, -0.25) is 57.5 Å². The Kier molecular flexibility index (Phi) is 37.7. The third-order valence-electron chi connectivity index (χ3n) is 17.4. The van der Waals surface area contributed by atoms with E-state index in [1.807, 2.05) is 56.5 Å². The molecule has 0 fully saturated rings. The second-order valence-electron chi connectivity index (χ2n) is 34.5. The maximum Gasteiger partial charge on any atom is 0.253 e. The van der Waals surface area contributed by atoms with Crippen LogP contribution in [0.2, 0.25) is 0 Å². The molecule has 0 heterocycles. The van der Waals surface area contributed by atoms with E-state index in [4.69, 9.17) is 0 Å². The molecule has 6 aromatic carbocycles. The topological polar surface area (TPSA) is 314 Å². The molecular formula is C80H136N12O12. The summed E-state index contributed by atoms with van der Waals surface area (Å²) in [5.74, 6) is 0. The van der Waals surface area contributed by atoms with E-state index in [0.717, 1.165) is 136 Å². The van der Waals surface area contributed by atoms with Crippen molar-refractivity contribution in [3.63, 3.8) is 0 Å². The molecule has 8 N–H and O–H groups in total. The molecule has 0 aromatic heterocycles. The first-order valence-electron chi connectivity index (χ1n) is 37.5. The molecule has 104 heavy (non-hydrogen) atoms. The summed E-state index contributed by atoms with van der Waals surface area (Å²) in [6, 6.07) is 0. The van der Waals surface area contributed by atoms with Gasteiger partial charge in [0.15, 0.2) is 0 Å². The van der Waals surface area contributed by atoms with Gasteiger partial charge in [0, 0.05) is 108 Å². The molecule has 6 aromatic rings. The largest absolute Gasteiger partial charge is 0.383 e. The van der Waals surface area contributed by atoms with E-state index in [-0.39, 0.29) is 38.0 Å². The lowest BCUT2D eigenvalue weighted by Crippen LogP contribution is -2.42. The molecule has 0 amide bonds. The van der Waals surface area contributed by atoms with Crippen molar-refractivity contribution in [2.24, 2.45) is 32.5 Å². The summed E-state index contributed by atoms with van der Waals surface area (Å²) in [4.78, 5) is 144. The predicted molar refractivity (Wildman–Crippen MR) is 446 cm³/mol. The van der Waals surface area contributed by atoms with E-state index in [1.165, 1.54) is 0 Å². The minimum Gasteiger partial charge on any atom is -0.383 e. The third kappa shape index (κ3) is 30.3. The smallest absolute Gasteiger partial charge is 0.253 e. The van der Waals surface area contributed by atoms with Crippen molar-refractivity contribution in [1.29, 1.82) is 0 Å². The van der Waals surface area contributed by atoms with Crippen molar-refractivity contribution in [2.75, 3.05) is 170 Å². The number of anilines is 12. The van der Waals surface area contributed by atoms with Gasteiger partial charge in [0.25, 0.3) is 65.1 Å². The molecule has 24 nitrogen and oxygen atoms in total. The van der Waals surface area contributed by atoms with Crippen LogP contribution in [0.4, 0.5) is 68.2 Å². The summed E-state index contributed by atoms with van der Waals surface area (Å²) < 4.78 is 0. The molecule has 0 spiro atoms. The molecule has 24 heteroatoms. The molecule has 0 radical (unpaired) electrons. The van der Waals surface area contributed by atoms with E-state index in [2.05, 4.69) is 167 Å². The van der Waals surface area contributed by atoms with Gasteiger partial charge in [-0.25, -0.2) is 0 Å². The van der Waals surface area contributed by atoms with Gasteiger partial charge < -0.3 is 62.1 Å². The summed E-state index contributed by atoms with van der Waals surface area (Å²) in [7, 11) is 10.6. The molecule has 0 aliphatic rings. The average Bonchev–Trinajstić information content (AvgIpc) is 0.800. The summed E-state index contributed by atoms with van der Waals surface area (Å²) in [6.07, 6.45) is 12.5. The van der Waals surface area contributed by atoms with Crippen molar-refractivity contribution >= 4 is 68.2 Å². The fraction of sp³-hybridized carbons (Fsp3) is 0.700. The van der Waals surface area contributed by atoms with E-state index in [9.17, 15) is 57.5 Å². The molecule has 0 aliphatic carbocycles. The summed E-state index contributed by atoms with van der Waals surface area (Å²) >= 11 is 0. The van der Waals surface area contributed by atoms with E-state index in [0.29, 0.717) is 107 Å². The Morgan fingerprint density at radius 3 is 0.798 bits per heavy atom. The molecule has 0 bridgehead atoms. The van der Waals surface area contributed by atoms with Gasteiger partial charge in [0.2, 0.25) is 0 Å². The maximum atomic E-state index is 11.6. The highest BCUT2D eigenvalue weighted by molar-refractivity contribution is 5.78. The molecular weight excluding hydrogens is 1320 g/mol. The zero-order valence-electron chi connectivity index (χ0n) is 69.2. The second-order valence-corrected chi connectivity index (χ2v) is 34.5. The first-order valence-corrected chi connectivity index (χ1v) is 37.5. The second kappa shape index (κ2) is 41.7. The van der Waals surface area contributed by atoms with Crippen molar-refractivity contribution in [2.45, 2.75) is 229 Å². The van der Waals surface area contributed by atoms with Gasteiger partial charge in [0.05, 0.1) is 0 Å². The molecule has 0 saturated heterocycles. The van der Waals surface area contributed by atoms with Crippen LogP contribution in [-0.2, 0) is 0 Å². The van der Waals surface area contributed by atoms with Gasteiger partial charge >= 0.3 is 0 Å². The van der Waals surface area contributed by atoms with E-state index in [1.54, 1.807) is 33.1 Å². The Balaban J connectivity index is 0.000000624. The average molecular weight is 1460 g/mol. The quantitative estimate of drug-likeness (QED) is 0.0137. The van der Waals surface area contributed by atoms with Crippen LogP contribution in [0.1, 0.15) is 229 Å². The molecule has 0 atom stereocenters. The van der Waals surface area contributed by atoms with Crippen LogP contribution in [0.25, 0.3) is 0 Å². The third-order valence-corrected chi connectivity index (χ3v) is 17.4. The highest BCUT2D eigenvalue weighted by Crippen LogP contribution is 2.28. The zero-order chi connectivity index (χ0) is 80.4. The van der Waals surface area contributed by atoms with Crippen LogP contribution < -0.4 is 127 Å². The lowest BCUT2D eigenvalue weighted by atomic mass is 9.90. The lowest BCUT2D eigenvalue weighted by molar-refractivity contribution is 0.367. The summed E-state index contributed by atoms with van der Waals surface area (Å²) in [6.45, 7) is 54.7. The van der Waals surface area contributed by atoms with Crippen molar-refractivity contribution in [3.8, 4) is 0 Å². The number of hydrogen-bond acceptors (Lipinski definition) is 24. The predicted octanol–water partition coefficient (Wildman–Crippen LogP) is 11.0. The summed E-state index contributed by atoms with van der Waals surface area (Å²) in [5.41, 5.74) is 3.12. The minimum absolute atomic E-state index is 0.303. The number of rotatable bonds is 34. The van der Waals surface area contributed by atoms with Gasteiger partial charge in [0.1, 0.15) is 68.2 Å². The monoisotopic (exact) mass is 1460 g/mol. The van der Waals surface area contributed by atoms with Crippen LogP contribution >= 0.6 is 0 Å². The Bertz CT molecular complexity index is 4050. The highest BCUT2D eigenvalue weighted by Gasteiger charge is 2.28. The van der Waals surface area contributed by atoms with Crippen LogP contribution in [0.5, 0.6) is 0 Å². The van der Waals surface area contributed by atoms with Crippen molar-refractivity contribution in [1.82, 2.24) is 0 Å². The molecule has 0 saturated carbocycles. The van der Waals surface area contributed by atoms with Crippen molar-refractivity contribution in [3.05, 3.63) is 123 Å². The maximum absolute atomic E-state index is 11.6. The Labute approximate surface area is 619 Å². The normalized spacial score (nSPS) is 11.8. The Morgan fingerprint density at radius 1 is 0.260 bits per heavy atom. The number of hydrogen-bond donors (Lipinski definition) is 8. The number of nitrogens with one attached hydrogen (secondary N) is 8. The van der Waals surface area contributed by atoms with Crippen LogP contribution in [0, 0.1) is 32.5 Å². The standard InChI is InChI=1S/C15H26N2O2.C14H24N2O2.3C13H22N2O2.C12H20N2O2/c1-6-17(7-2)12-11(13(18)14(12)19)16-10-8-9-15(3,4)5;1-6-16(5)11-10(12(17)13(11)18)15-9-7-8-14(2,3)4;1-13(2,3)7-6-8-14-9-10(15(4)5)12(17)11(9)16;1-13(2,3)7-6-8-15(5)10-9(14-4)11(16)12(10)17;1-5-14-9-10(12(17)11(9)16)15-8-6-7-13(2,3)4;1-12(2,3)6-5-7-14-9-8(13-4)10(15)11(9)16/h16H,6-10H2,1-5H3;15H,6-9H2,1-5H3;2*14H,6-8H2,1-5H3;14-15H,5-8H2,1-4H3;13-14H,5-7H2,1-4H3. The lowest BCUT2D eigenvalue weighted by Gasteiger charge is -2.25. The molecule has 0 aliphatic heterocycles. The van der Waals surface area contributed by atoms with Crippen LogP contribution in [-0.4, -0.2) is 108 Å². The van der Waals surface area contributed by atoms with Gasteiger partial charge in [-0.1, -0.05) is 125 Å². The minimum atomic E-state index is -0.416. The van der Waals surface area contributed by atoms with Crippen LogP contribution in [0.15, 0.2) is 57.5 Å². The van der Waals surface area contributed by atoms with Gasteiger partial charge in [-0.2, -0.15) is 0 Å². The molecule has 588 valence electrons. The Hall–Kier alpha value is -7.92. The fourth-order valence-electron chi connectivity index (χ4n) is 11.2. The van der Waals surface area contributed by atoms with Crippen molar-refractivity contribution < 1.29 is 0 Å². The van der Waals surface area contributed by atoms with E-state index >= 15 is 0 Å². The first-order chi connectivity index (χ1) is 47.8. The van der Waals surface area contributed by atoms with Gasteiger partial charge in [-0.15, -0.1) is 0 Å². The molecule has 6 rings (SSSR count).